The number of fused-ring (bicyclic) bond motifs is 1. The van der Waals surface area contributed by atoms with Crippen LogP contribution in [0.5, 0.6) is 0 Å². The summed E-state index contributed by atoms with van der Waals surface area (Å²) in [6, 6.07) is 16.7. The van der Waals surface area contributed by atoms with Crippen LogP contribution in [-0.4, -0.2) is 34.3 Å². The van der Waals surface area contributed by atoms with E-state index >= 15 is 0 Å². The van der Waals surface area contributed by atoms with Gasteiger partial charge in [-0.25, -0.2) is 19.2 Å². The first-order chi connectivity index (χ1) is 17.2. The average Bonchev–Trinajstić information content (AvgIpc) is 3.28. The van der Waals surface area contributed by atoms with Crippen molar-refractivity contribution in [2.75, 3.05) is 5.73 Å². The first-order valence-electron chi connectivity index (χ1n) is 11.3. The lowest BCUT2D eigenvalue weighted by Gasteiger charge is -2.12. The van der Waals surface area contributed by atoms with Crippen LogP contribution in [0.2, 0.25) is 0 Å². The lowest BCUT2D eigenvalue weighted by atomic mass is 10.0. The van der Waals surface area contributed by atoms with E-state index in [0.29, 0.717) is 28.1 Å². The van der Waals surface area contributed by atoms with Gasteiger partial charge < -0.3 is 5.73 Å². The van der Waals surface area contributed by atoms with Gasteiger partial charge in [-0.3, -0.25) is 9.78 Å². The van der Waals surface area contributed by atoms with Gasteiger partial charge in [0.2, 0.25) is 0 Å². The first-order valence-corrected chi connectivity index (χ1v) is 9.81. The molecular weight excluding hydrogens is 418 g/mol. The molecule has 5 aromatic rings. The van der Waals surface area contributed by atoms with Gasteiger partial charge in [-0.05, 0) is 30.3 Å². The van der Waals surface area contributed by atoms with Crippen LogP contribution in [-0.2, 0) is 13.4 Å². The average molecular weight is 438 g/mol. The van der Waals surface area contributed by atoms with Crippen molar-refractivity contribution in [1.82, 2.24) is 34.3 Å². The fourth-order valence-corrected chi connectivity index (χ4v) is 3.44. The van der Waals surface area contributed by atoms with Crippen molar-refractivity contribution in [3.63, 3.8) is 0 Å². The molecule has 4 heterocycles. The molecule has 0 bridgehead atoms. The monoisotopic (exact) mass is 438 g/mol. The number of nitrogen functional groups attached to an aromatic ring is 1. The van der Waals surface area contributed by atoms with E-state index in [4.69, 9.17) is 9.85 Å². The normalized spacial score (nSPS) is 12.6. The molecule has 10 nitrogen and oxygen atoms in total. The highest BCUT2D eigenvalue weighted by molar-refractivity contribution is 5.81. The van der Waals surface area contributed by atoms with E-state index < -0.39 is 12.5 Å². The van der Waals surface area contributed by atoms with Crippen molar-refractivity contribution in [1.29, 1.82) is 5.26 Å². The Morgan fingerprint density at radius 2 is 2.03 bits per heavy atom. The Hall–Kier alpha value is -4.91. The van der Waals surface area contributed by atoms with E-state index in [1.165, 1.54) is 10.6 Å². The molecule has 1 aromatic carbocycles. The molecule has 0 fully saturated rings. The third-order valence-electron chi connectivity index (χ3n) is 4.92. The van der Waals surface area contributed by atoms with Gasteiger partial charge in [0.15, 0.2) is 17.3 Å². The fraction of sp³-hybridized carbons (Fsp3) is 0.0870. The van der Waals surface area contributed by atoms with Gasteiger partial charge in [0.05, 0.1) is 18.1 Å². The lowest BCUT2D eigenvalue weighted by molar-refractivity contribution is 0.708. The molecule has 33 heavy (non-hydrogen) atoms. The number of nitrogens with two attached hydrogens (primary N) is 1. The summed E-state index contributed by atoms with van der Waals surface area (Å²) in [6.07, 6.45) is 1.97. The van der Waals surface area contributed by atoms with Crippen LogP contribution in [0.4, 0.5) is 5.82 Å². The van der Waals surface area contributed by atoms with Crippen molar-refractivity contribution in [2.45, 2.75) is 6.42 Å². The predicted octanol–water partition coefficient (Wildman–Crippen LogP) is 1.99. The minimum Gasteiger partial charge on any atom is -0.381 e. The maximum Gasteiger partial charge on any atom is 0.266 e. The third kappa shape index (κ3) is 3.68. The van der Waals surface area contributed by atoms with Gasteiger partial charge >= 0.3 is 0 Å². The molecule has 0 saturated heterocycles. The minimum absolute atomic E-state index is 0.0695. The summed E-state index contributed by atoms with van der Waals surface area (Å²) in [5.74, 6) is 0.468. The molecule has 160 valence electrons. The number of nitrogens with zero attached hydrogens (tertiary/aromatic N) is 8. The van der Waals surface area contributed by atoms with Crippen LogP contribution >= 0.6 is 0 Å². The minimum atomic E-state index is -2.80. The first kappa shape index (κ1) is 16.7. The number of nitriles is 1. The molecule has 0 unspecified atom stereocenters. The third-order valence-corrected chi connectivity index (χ3v) is 4.92. The van der Waals surface area contributed by atoms with Crippen molar-refractivity contribution in [3.05, 3.63) is 88.2 Å². The summed E-state index contributed by atoms with van der Waals surface area (Å²) in [5, 5.41) is 18.1. The molecule has 10 heteroatoms. The Labute approximate surface area is 191 Å². The zero-order chi connectivity index (χ0) is 25.4. The smallest absolute Gasteiger partial charge is 0.266 e. The molecule has 0 atom stereocenters. The Morgan fingerprint density at radius 1 is 1.12 bits per heavy atom. The summed E-state index contributed by atoms with van der Waals surface area (Å²) in [7, 11) is 0. The SMILES string of the molecule is [2H]C([2H])([2H])n1nc(-c2c(-c3cccc(C#N)c3)nc(N)c3nc(Cc4ccccn4)nn23)ccc1=O. The molecule has 0 saturated carbocycles. The summed E-state index contributed by atoms with van der Waals surface area (Å²) in [6.45, 7) is -2.80. The molecular formula is C23H17N9O. The standard InChI is InChI=1S/C23H17N9O/c1-31-19(33)9-8-17(29-31)21-20(15-6-4-5-14(11-15)13-24)28-22(25)23-27-18(30-32(21)23)12-16-7-2-3-10-26-16/h2-11H,12H2,1H3,(H2,25,28)/i1D3. The predicted molar refractivity (Wildman–Crippen MR) is 121 cm³/mol. The van der Waals surface area contributed by atoms with Gasteiger partial charge in [-0.15, -0.1) is 0 Å². The maximum absolute atomic E-state index is 12.2. The number of benzene rings is 1. The van der Waals surface area contributed by atoms with Gasteiger partial charge in [0, 0.05) is 34.6 Å². The Bertz CT molecular complexity index is 1700. The molecule has 0 aliphatic heterocycles. The van der Waals surface area contributed by atoms with Crippen LogP contribution in [0.1, 0.15) is 21.2 Å². The Balaban J connectivity index is 1.81. The van der Waals surface area contributed by atoms with E-state index in [2.05, 4.69) is 31.2 Å². The zero-order valence-corrected chi connectivity index (χ0v) is 17.0. The lowest BCUT2D eigenvalue weighted by Crippen LogP contribution is -2.19. The number of aryl methyl sites for hydroxylation is 1. The van der Waals surface area contributed by atoms with Crippen LogP contribution in [0.25, 0.3) is 28.3 Å². The highest BCUT2D eigenvalue weighted by atomic mass is 16.1. The van der Waals surface area contributed by atoms with Crippen molar-refractivity contribution in [3.8, 4) is 28.7 Å². The Kier molecular flexibility index (Phi) is 4.05. The Morgan fingerprint density at radius 3 is 2.82 bits per heavy atom. The van der Waals surface area contributed by atoms with E-state index in [9.17, 15) is 10.1 Å². The van der Waals surface area contributed by atoms with E-state index in [-0.39, 0.29) is 28.5 Å². The number of anilines is 1. The number of hydrogen-bond acceptors (Lipinski definition) is 8. The van der Waals surface area contributed by atoms with Gasteiger partial charge in [-0.1, -0.05) is 18.2 Å². The van der Waals surface area contributed by atoms with E-state index in [1.54, 1.807) is 36.5 Å². The van der Waals surface area contributed by atoms with Crippen LogP contribution < -0.4 is 11.3 Å². The van der Waals surface area contributed by atoms with Crippen LogP contribution in [0.3, 0.4) is 0 Å². The zero-order valence-electron chi connectivity index (χ0n) is 20.0. The van der Waals surface area contributed by atoms with Crippen LogP contribution in [0.15, 0.2) is 65.6 Å². The van der Waals surface area contributed by atoms with E-state index in [0.717, 1.165) is 11.8 Å². The molecule has 5 rings (SSSR count). The van der Waals surface area contributed by atoms with Crippen molar-refractivity contribution >= 4 is 11.5 Å². The second-order valence-electron chi connectivity index (χ2n) is 7.12. The summed E-state index contributed by atoms with van der Waals surface area (Å²) >= 11 is 0. The highest BCUT2D eigenvalue weighted by Gasteiger charge is 2.21. The molecule has 4 aromatic heterocycles. The molecule has 2 N–H and O–H groups in total. The molecule has 0 spiro atoms. The van der Waals surface area contributed by atoms with E-state index in [1.807, 2.05) is 12.1 Å². The number of hydrogen-bond donors (Lipinski definition) is 1. The summed E-state index contributed by atoms with van der Waals surface area (Å²) < 4.78 is 24.9. The number of rotatable bonds is 4. The van der Waals surface area contributed by atoms with Gasteiger partial charge in [0.1, 0.15) is 17.1 Å². The summed E-state index contributed by atoms with van der Waals surface area (Å²) in [4.78, 5) is 25.6. The molecule has 0 aliphatic carbocycles. The van der Waals surface area contributed by atoms with Gasteiger partial charge in [0.25, 0.3) is 5.56 Å². The maximum atomic E-state index is 12.2. The van der Waals surface area contributed by atoms with Crippen molar-refractivity contribution in [2.24, 2.45) is 6.98 Å². The highest BCUT2D eigenvalue weighted by Crippen LogP contribution is 2.32. The second kappa shape index (κ2) is 7.97. The fourth-order valence-electron chi connectivity index (χ4n) is 3.44. The molecule has 0 radical (unpaired) electrons. The second-order valence-corrected chi connectivity index (χ2v) is 7.12. The summed E-state index contributed by atoms with van der Waals surface area (Å²) in [5.41, 5.74) is 7.98. The van der Waals surface area contributed by atoms with Crippen molar-refractivity contribution < 1.29 is 4.11 Å². The molecule has 0 aliphatic rings. The van der Waals surface area contributed by atoms with Crippen LogP contribution in [0, 0.1) is 11.3 Å². The largest absolute Gasteiger partial charge is 0.381 e. The molecule has 0 amide bonds. The number of aromatic nitrogens is 7. The quantitative estimate of drug-likeness (QED) is 0.449. The van der Waals surface area contributed by atoms with Gasteiger partial charge in [-0.2, -0.15) is 15.5 Å². The number of pyridine rings is 1. The topological polar surface area (TPSA) is 141 Å².